The van der Waals surface area contributed by atoms with Crippen LogP contribution in [0.15, 0.2) is 0 Å². The van der Waals surface area contributed by atoms with Crippen LogP contribution in [0.1, 0.15) is 291 Å². The molecule has 0 radical (unpaired) electrons. The summed E-state index contributed by atoms with van der Waals surface area (Å²) in [6.07, 6.45) is 46.5. The molecule has 1 unspecified atom stereocenters. The van der Waals surface area contributed by atoms with Crippen molar-refractivity contribution in [1.29, 1.82) is 0 Å². The van der Waals surface area contributed by atoms with Gasteiger partial charge in [-0.3, -0.25) is 14.4 Å². The Morgan fingerprint density at radius 2 is 0.644 bits per heavy atom. The summed E-state index contributed by atoms with van der Waals surface area (Å²) in [6, 6.07) is 0. The predicted molar refractivity (Wildman–Crippen MR) is 252 cm³/mol. The summed E-state index contributed by atoms with van der Waals surface area (Å²) in [5, 5.41) is 0. The minimum absolute atomic E-state index is 0.0636. The third-order valence-electron chi connectivity index (χ3n) is 12.3. The van der Waals surface area contributed by atoms with E-state index < -0.39 is 6.10 Å². The van der Waals surface area contributed by atoms with Crippen molar-refractivity contribution >= 4 is 17.9 Å². The second-order valence-corrected chi connectivity index (χ2v) is 18.9. The lowest BCUT2D eigenvalue weighted by atomic mass is 9.99. The van der Waals surface area contributed by atoms with Crippen LogP contribution in [0.5, 0.6) is 0 Å². The molecule has 0 saturated heterocycles. The third kappa shape index (κ3) is 45.8. The summed E-state index contributed by atoms with van der Waals surface area (Å²) in [6.45, 7) is 11.4. The molecule has 59 heavy (non-hydrogen) atoms. The van der Waals surface area contributed by atoms with Crippen molar-refractivity contribution in [3.63, 3.8) is 0 Å². The topological polar surface area (TPSA) is 78.9 Å². The van der Waals surface area contributed by atoms with Crippen LogP contribution in [0, 0.1) is 11.8 Å². The summed E-state index contributed by atoms with van der Waals surface area (Å²) in [5.74, 6) is 0.864. The van der Waals surface area contributed by atoms with E-state index in [1.807, 2.05) is 0 Å². The summed E-state index contributed by atoms with van der Waals surface area (Å²) < 4.78 is 16.8. The van der Waals surface area contributed by atoms with Gasteiger partial charge in [-0.25, -0.2) is 0 Å². The number of ether oxygens (including phenoxy) is 3. The van der Waals surface area contributed by atoms with Crippen LogP contribution in [-0.4, -0.2) is 37.2 Å². The molecule has 0 spiro atoms. The number of hydrogen-bond donors (Lipinski definition) is 0. The lowest BCUT2D eigenvalue weighted by Crippen LogP contribution is -2.30. The van der Waals surface area contributed by atoms with Crippen LogP contribution in [-0.2, 0) is 28.6 Å². The van der Waals surface area contributed by atoms with Crippen molar-refractivity contribution in [2.24, 2.45) is 11.8 Å². The number of rotatable bonds is 47. The van der Waals surface area contributed by atoms with E-state index in [4.69, 9.17) is 14.2 Å². The number of carbonyl (C=O) groups excluding carboxylic acids is 3. The van der Waals surface area contributed by atoms with Gasteiger partial charge in [0.05, 0.1) is 0 Å². The highest BCUT2D eigenvalue weighted by molar-refractivity contribution is 5.71. The predicted octanol–water partition coefficient (Wildman–Crippen LogP) is 16.9. The Hall–Kier alpha value is -1.59. The van der Waals surface area contributed by atoms with Crippen molar-refractivity contribution in [3.8, 4) is 0 Å². The second-order valence-electron chi connectivity index (χ2n) is 18.9. The minimum Gasteiger partial charge on any atom is -0.462 e. The van der Waals surface area contributed by atoms with E-state index in [0.29, 0.717) is 19.3 Å². The van der Waals surface area contributed by atoms with E-state index in [0.717, 1.165) is 69.6 Å². The molecule has 0 aliphatic rings. The molecule has 0 aliphatic carbocycles. The number of hydrogen-bond acceptors (Lipinski definition) is 6. The maximum Gasteiger partial charge on any atom is 0.306 e. The number of carbonyl (C=O) groups is 3. The smallest absolute Gasteiger partial charge is 0.306 e. The largest absolute Gasteiger partial charge is 0.462 e. The van der Waals surface area contributed by atoms with Crippen LogP contribution < -0.4 is 0 Å². The summed E-state index contributed by atoms with van der Waals surface area (Å²) >= 11 is 0. The average Bonchev–Trinajstić information content (AvgIpc) is 3.22. The molecule has 350 valence electrons. The van der Waals surface area contributed by atoms with Crippen molar-refractivity contribution in [1.82, 2.24) is 0 Å². The van der Waals surface area contributed by atoms with Gasteiger partial charge in [0.15, 0.2) is 6.10 Å². The van der Waals surface area contributed by atoms with E-state index in [-0.39, 0.29) is 31.1 Å². The Kier molecular flexibility index (Phi) is 44.7. The quantitative estimate of drug-likeness (QED) is 0.0345. The zero-order chi connectivity index (χ0) is 43.3. The van der Waals surface area contributed by atoms with Crippen LogP contribution >= 0.6 is 0 Å². The van der Waals surface area contributed by atoms with E-state index >= 15 is 0 Å². The minimum atomic E-state index is -0.761. The molecular formula is C53H102O6. The molecule has 0 aromatic carbocycles. The first-order chi connectivity index (χ1) is 28.8. The van der Waals surface area contributed by atoms with Gasteiger partial charge in [0.25, 0.3) is 0 Å². The highest BCUT2D eigenvalue weighted by atomic mass is 16.6. The molecule has 0 fully saturated rings. The maximum absolute atomic E-state index is 12.8. The average molecular weight is 835 g/mol. The van der Waals surface area contributed by atoms with Crippen LogP contribution in [0.4, 0.5) is 0 Å². The molecule has 6 nitrogen and oxygen atoms in total. The van der Waals surface area contributed by atoms with Gasteiger partial charge in [-0.2, -0.15) is 0 Å². The Labute approximate surface area is 368 Å². The molecule has 0 aromatic rings. The fraction of sp³-hybridized carbons (Fsp3) is 0.943. The van der Waals surface area contributed by atoms with Crippen LogP contribution in [0.25, 0.3) is 0 Å². The lowest BCUT2D eigenvalue weighted by Gasteiger charge is -2.18. The molecule has 2 atom stereocenters. The molecule has 0 rings (SSSR count). The third-order valence-corrected chi connectivity index (χ3v) is 12.3. The van der Waals surface area contributed by atoms with Gasteiger partial charge < -0.3 is 14.2 Å². The first-order valence-corrected chi connectivity index (χ1v) is 26.3. The molecule has 0 heterocycles. The Bertz CT molecular complexity index is 902. The maximum atomic E-state index is 12.8. The van der Waals surface area contributed by atoms with Crippen molar-refractivity contribution in [2.75, 3.05) is 13.2 Å². The fourth-order valence-corrected chi connectivity index (χ4v) is 7.96. The van der Waals surface area contributed by atoms with E-state index in [9.17, 15) is 14.4 Å². The SMILES string of the molecule is CCCCCCCCCCCCC(=O)OC[C@@H](COC(=O)CCCCCCCCCCCCCCCCC(C)C)OC(=O)CCCCCCCCCCCCC(C)CC. The van der Waals surface area contributed by atoms with Gasteiger partial charge in [-0.05, 0) is 31.1 Å². The molecule has 6 heteroatoms. The molecule has 0 amide bonds. The Balaban J connectivity index is 4.28. The molecule has 0 aliphatic heterocycles. The molecule has 0 N–H and O–H groups in total. The van der Waals surface area contributed by atoms with E-state index in [1.54, 1.807) is 0 Å². The molecule has 0 aromatic heterocycles. The number of esters is 3. The summed E-state index contributed by atoms with van der Waals surface area (Å²) in [4.78, 5) is 37.9. The fourth-order valence-electron chi connectivity index (χ4n) is 7.96. The van der Waals surface area contributed by atoms with Crippen LogP contribution in [0.2, 0.25) is 0 Å². The first kappa shape index (κ1) is 57.4. The molecule has 0 bridgehead atoms. The van der Waals surface area contributed by atoms with Crippen molar-refractivity contribution < 1.29 is 28.6 Å². The lowest BCUT2D eigenvalue weighted by molar-refractivity contribution is -0.167. The monoisotopic (exact) mass is 835 g/mol. The normalized spacial score (nSPS) is 12.5. The summed E-state index contributed by atoms with van der Waals surface area (Å²) in [7, 11) is 0. The second kappa shape index (κ2) is 45.9. The Morgan fingerprint density at radius 3 is 0.966 bits per heavy atom. The first-order valence-electron chi connectivity index (χ1n) is 26.3. The van der Waals surface area contributed by atoms with Gasteiger partial charge in [-0.15, -0.1) is 0 Å². The van der Waals surface area contributed by atoms with Crippen molar-refractivity contribution in [2.45, 2.75) is 298 Å². The van der Waals surface area contributed by atoms with Gasteiger partial charge in [0, 0.05) is 19.3 Å². The number of unbranched alkanes of at least 4 members (excludes halogenated alkanes) is 31. The highest BCUT2D eigenvalue weighted by Gasteiger charge is 2.19. The van der Waals surface area contributed by atoms with Gasteiger partial charge >= 0.3 is 17.9 Å². The van der Waals surface area contributed by atoms with Crippen LogP contribution in [0.3, 0.4) is 0 Å². The molecule has 0 saturated carbocycles. The standard InChI is InChI=1S/C53H102O6/c1-6-8-9-10-11-12-23-28-33-38-43-51(54)57-46-50(59-53(56)45-40-35-30-25-20-19-22-27-32-37-42-49(5)7-2)47-58-52(55)44-39-34-29-24-18-16-14-13-15-17-21-26-31-36-41-48(3)4/h48-50H,6-47H2,1-5H3/t49?,50-/m0/s1. The molecular weight excluding hydrogens is 733 g/mol. The zero-order valence-corrected chi connectivity index (χ0v) is 40.4. The van der Waals surface area contributed by atoms with E-state index in [1.165, 1.54) is 180 Å². The zero-order valence-electron chi connectivity index (χ0n) is 40.4. The van der Waals surface area contributed by atoms with Gasteiger partial charge in [0.1, 0.15) is 13.2 Å². The Morgan fingerprint density at radius 1 is 0.356 bits per heavy atom. The highest BCUT2D eigenvalue weighted by Crippen LogP contribution is 2.18. The van der Waals surface area contributed by atoms with Gasteiger partial charge in [0.2, 0.25) is 0 Å². The summed E-state index contributed by atoms with van der Waals surface area (Å²) in [5.41, 5.74) is 0. The van der Waals surface area contributed by atoms with Gasteiger partial charge in [-0.1, -0.05) is 253 Å². The van der Waals surface area contributed by atoms with E-state index in [2.05, 4.69) is 34.6 Å². The van der Waals surface area contributed by atoms with Crippen molar-refractivity contribution in [3.05, 3.63) is 0 Å².